The van der Waals surface area contributed by atoms with Gasteiger partial charge in [-0.1, -0.05) is 0 Å². The van der Waals surface area contributed by atoms with E-state index in [1.807, 2.05) is 0 Å². The molecule has 2 aliphatic rings. The Balaban J connectivity index is 2.09. The SMILES string of the molecule is CN(C)C(=O)[C@@H]1c2c(CNC(=N)N)csc2[C@@H]2CN1C(=O)N2OS(=O)(=O)O. The molecule has 1 aromatic heterocycles. The molecular weight excluding hydrogens is 400 g/mol. The van der Waals surface area contributed by atoms with Crippen molar-refractivity contribution in [1.29, 1.82) is 5.41 Å². The zero-order chi connectivity index (χ0) is 20.1. The van der Waals surface area contributed by atoms with Gasteiger partial charge in [-0.25, -0.2) is 4.79 Å². The minimum absolute atomic E-state index is 0.0334. The predicted molar refractivity (Wildman–Crippen MR) is 93.8 cm³/mol. The van der Waals surface area contributed by atoms with Crippen molar-refractivity contribution < 1.29 is 26.8 Å². The number of amides is 3. The van der Waals surface area contributed by atoms with Crippen LogP contribution in [-0.2, 0) is 26.0 Å². The molecule has 1 fully saturated rings. The van der Waals surface area contributed by atoms with Crippen molar-refractivity contribution in [2.45, 2.75) is 18.6 Å². The van der Waals surface area contributed by atoms with Crippen LogP contribution < -0.4 is 11.1 Å². The number of thiophene rings is 1. The Hall–Kier alpha value is -2.42. The number of hydrogen-bond acceptors (Lipinski definition) is 7. The fourth-order valence-corrected chi connectivity index (χ4v) is 4.71. The third-order valence-corrected chi connectivity index (χ3v) is 5.73. The van der Waals surface area contributed by atoms with E-state index >= 15 is 0 Å². The van der Waals surface area contributed by atoms with E-state index in [1.165, 1.54) is 21.1 Å². The molecule has 12 nitrogen and oxygen atoms in total. The van der Waals surface area contributed by atoms with Crippen LogP contribution in [0.1, 0.15) is 28.1 Å². The first-order chi connectivity index (χ1) is 12.5. The summed E-state index contributed by atoms with van der Waals surface area (Å²) in [6.45, 7) is 0.192. The molecule has 14 heteroatoms. The maximum Gasteiger partial charge on any atom is 0.418 e. The van der Waals surface area contributed by atoms with Gasteiger partial charge in [0.1, 0.15) is 12.1 Å². The second kappa shape index (κ2) is 6.63. The number of rotatable bonds is 5. The lowest BCUT2D eigenvalue weighted by Gasteiger charge is -2.32. The number of hydroxylamine groups is 2. The van der Waals surface area contributed by atoms with Gasteiger partial charge in [0.2, 0.25) is 5.91 Å². The molecule has 0 saturated carbocycles. The molecule has 0 aliphatic carbocycles. The predicted octanol–water partition coefficient (Wildman–Crippen LogP) is -0.613. The number of fused-ring (bicyclic) bond motifs is 4. The fourth-order valence-electron chi connectivity index (χ4n) is 3.16. The summed E-state index contributed by atoms with van der Waals surface area (Å²) in [5, 5.41) is 12.3. The monoisotopic (exact) mass is 418 g/mol. The Kier molecular flexibility index (Phi) is 4.75. The van der Waals surface area contributed by atoms with Crippen LogP contribution in [0.15, 0.2) is 5.38 Å². The third-order valence-electron chi connectivity index (χ3n) is 4.23. The third kappa shape index (κ3) is 3.43. The minimum atomic E-state index is -4.92. The van der Waals surface area contributed by atoms with E-state index in [2.05, 4.69) is 9.60 Å². The molecule has 3 rings (SSSR count). The van der Waals surface area contributed by atoms with Crippen LogP contribution in [0.5, 0.6) is 0 Å². The van der Waals surface area contributed by atoms with Crippen molar-refractivity contribution in [2.75, 3.05) is 20.6 Å². The molecule has 0 aromatic carbocycles. The van der Waals surface area contributed by atoms with Crippen LogP contribution in [0.25, 0.3) is 0 Å². The zero-order valence-electron chi connectivity index (χ0n) is 14.4. The molecule has 1 saturated heterocycles. The summed E-state index contributed by atoms with van der Waals surface area (Å²) in [4.78, 5) is 28.6. The van der Waals surface area contributed by atoms with Crippen molar-refractivity contribution in [3.63, 3.8) is 0 Å². The number of nitrogens with two attached hydrogens (primary N) is 1. The number of urea groups is 1. The summed E-state index contributed by atoms with van der Waals surface area (Å²) >= 11 is 1.23. The van der Waals surface area contributed by atoms with Crippen LogP contribution in [-0.4, -0.2) is 66.4 Å². The second-order valence-electron chi connectivity index (χ2n) is 6.22. The summed E-state index contributed by atoms with van der Waals surface area (Å²) in [5.74, 6) is -0.629. The minimum Gasteiger partial charge on any atom is -0.370 e. The topological polar surface area (TPSA) is 169 Å². The lowest BCUT2D eigenvalue weighted by molar-refractivity contribution is -0.133. The highest BCUT2D eigenvalue weighted by Crippen LogP contribution is 2.48. The number of nitrogens with one attached hydrogen (secondary N) is 2. The number of hydrogen-bond donors (Lipinski definition) is 4. The van der Waals surface area contributed by atoms with E-state index in [4.69, 9.17) is 15.7 Å². The Morgan fingerprint density at radius 2 is 2.22 bits per heavy atom. The van der Waals surface area contributed by atoms with E-state index in [1.54, 1.807) is 19.5 Å². The fraction of sp³-hybridized carbons (Fsp3) is 0.462. The van der Waals surface area contributed by atoms with Crippen molar-refractivity contribution in [3.8, 4) is 0 Å². The van der Waals surface area contributed by atoms with Gasteiger partial charge in [0.25, 0.3) is 0 Å². The Morgan fingerprint density at radius 3 is 2.78 bits per heavy atom. The standard InChI is InChI=1S/C13H18N6O6S2/c1-17(2)11(20)9-8-6(3-16-12(14)15)5-26-10(8)7-4-18(9)13(21)19(7)25-27(22,23)24/h5,7,9H,3-4H2,1-2H3,(H4,14,15,16)(H,22,23,24)/t7-,9-/m0/s1. The maximum atomic E-state index is 12.8. The highest BCUT2D eigenvalue weighted by molar-refractivity contribution is 7.80. The van der Waals surface area contributed by atoms with Crippen LogP contribution in [0.3, 0.4) is 0 Å². The van der Waals surface area contributed by atoms with E-state index in [0.717, 1.165) is 0 Å². The molecule has 148 valence electrons. The number of guanidine groups is 1. The molecule has 1 aromatic rings. The van der Waals surface area contributed by atoms with Gasteiger partial charge in [-0.15, -0.1) is 15.6 Å². The van der Waals surface area contributed by atoms with Gasteiger partial charge in [0.15, 0.2) is 5.96 Å². The van der Waals surface area contributed by atoms with Crippen LogP contribution in [0.2, 0.25) is 0 Å². The van der Waals surface area contributed by atoms with Gasteiger partial charge in [0, 0.05) is 31.1 Å². The molecule has 0 spiro atoms. The first-order valence-electron chi connectivity index (χ1n) is 7.67. The molecular formula is C13H18N6O6S2. The van der Waals surface area contributed by atoms with E-state index < -0.39 is 28.5 Å². The van der Waals surface area contributed by atoms with Crippen molar-refractivity contribution in [2.24, 2.45) is 5.73 Å². The quantitative estimate of drug-likeness (QED) is 0.279. The molecule has 5 N–H and O–H groups in total. The van der Waals surface area contributed by atoms with Gasteiger partial charge >= 0.3 is 16.4 Å². The largest absolute Gasteiger partial charge is 0.418 e. The molecule has 2 aliphatic heterocycles. The average Bonchev–Trinajstić information content (AvgIpc) is 3.08. The Labute approximate surface area is 158 Å². The van der Waals surface area contributed by atoms with E-state index in [9.17, 15) is 18.0 Å². The second-order valence-corrected chi connectivity index (χ2v) is 8.14. The van der Waals surface area contributed by atoms with Gasteiger partial charge in [-0.3, -0.25) is 14.8 Å². The summed E-state index contributed by atoms with van der Waals surface area (Å²) < 4.78 is 35.7. The van der Waals surface area contributed by atoms with E-state index in [0.29, 0.717) is 21.1 Å². The van der Waals surface area contributed by atoms with E-state index in [-0.39, 0.29) is 25.0 Å². The number of carbonyl (C=O) groups is 2. The molecule has 0 unspecified atom stereocenters. The molecule has 3 heterocycles. The van der Waals surface area contributed by atoms with Gasteiger partial charge in [-0.2, -0.15) is 13.5 Å². The van der Waals surface area contributed by atoms with Gasteiger partial charge in [-0.05, 0) is 10.9 Å². The zero-order valence-corrected chi connectivity index (χ0v) is 16.0. The van der Waals surface area contributed by atoms with Gasteiger partial charge < -0.3 is 20.9 Å². The van der Waals surface area contributed by atoms with Crippen molar-refractivity contribution >= 4 is 39.6 Å². The first kappa shape index (κ1) is 19.3. The highest BCUT2D eigenvalue weighted by atomic mass is 32.3. The number of likely N-dealkylation sites (N-methyl/N-ethyl adjacent to an activating group) is 1. The summed E-state index contributed by atoms with van der Waals surface area (Å²) in [6, 6.07) is -2.62. The summed E-state index contributed by atoms with van der Waals surface area (Å²) in [6.07, 6.45) is 0. The lowest BCUT2D eigenvalue weighted by atomic mass is 9.94. The molecule has 27 heavy (non-hydrogen) atoms. The molecule has 2 bridgehead atoms. The Morgan fingerprint density at radius 1 is 1.56 bits per heavy atom. The van der Waals surface area contributed by atoms with Crippen LogP contribution in [0, 0.1) is 5.41 Å². The number of carbonyl (C=O) groups excluding carboxylic acids is 2. The average molecular weight is 418 g/mol. The highest BCUT2D eigenvalue weighted by Gasteiger charge is 2.53. The van der Waals surface area contributed by atoms with Crippen molar-refractivity contribution in [1.82, 2.24) is 20.2 Å². The lowest BCUT2D eigenvalue weighted by Crippen LogP contribution is -2.43. The smallest absolute Gasteiger partial charge is 0.370 e. The van der Waals surface area contributed by atoms with Crippen molar-refractivity contribution in [3.05, 3.63) is 21.4 Å². The van der Waals surface area contributed by atoms with Crippen LogP contribution in [0.4, 0.5) is 4.79 Å². The normalized spacial score (nSPS) is 21.2. The van der Waals surface area contributed by atoms with Crippen LogP contribution >= 0.6 is 11.3 Å². The molecule has 3 amide bonds. The maximum absolute atomic E-state index is 12.8. The van der Waals surface area contributed by atoms with Gasteiger partial charge in [0.05, 0.1) is 6.54 Å². The Bertz CT molecular complexity index is 912. The molecule has 2 atom stereocenters. The number of nitrogens with zero attached hydrogens (tertiary/aromatic N) is 3. The molecule has 0 radical (unpaired) electrons. The summed E-state index contributed by atoms with van der Waals surface area (Å²) in [7, 11) is -1.83. The first-order valence-corrected chi connectivity index (χ1v) is 9.91. The summed E-state index contributed by atoms with van der Waals surface area (Å²) in [5.41, 5.74) is 6.52.